The van der Waals surface area contributed by atoms with Crippen molar-refractivity contribution in [3.8, 4) is 0 Å². The van der Waals surface area contributed by atoms with Crippen LogP contribution in [0.15, 0.2) is 54.6 Å². The molecule has 0 spiro atoms. The smallest absolute Gasteiger partial charge is 0.184 e. The zero-order valence-electron chi connectivity index (χ0n) is 32.9. The molecule has 5 heteroatoms. The molecule has 0 aliphatic rings. The summed E-state index contributed by atoms with van der Waals surface area (Å²) in [6, 6.07) is 22.6. The van der Waals surface area contributed by atoms with Crippen LogP contribution in [0.4, 0.5) is 0 Å². The van der Waals surface area contributed by atoms with Crippen LogP contribution in [-0.4, -0.2) is 12.6 Å². The van der Waals surface area contributed by atoms with Gasteiger partial charge in [0.25, 0.3) is 0 Å². The Bertz CT molecular complexity index is 937. The molecule has 0 heterocycles. The number of rotatable bonds is 28. The van der Waals surface area contributed by atoms with Gasteiger partial charge in [-0.15, -0.1) is 12.6 Å². The first kappa shape index (κ1) is 50.2. The van der Waals surface area contributed by atoms with Crippen molar-refractivity contribution in [1.82, 2.24) is 0 Å². The second-order valence-corrected chi connectivity index (χ2v) is 14.5. The van der Waals surface area contributed by atoms with E-state index in [2.05, 4.69) is 76.2 Å². The van der Waals surface area contributed by atoms with E-state index in [1.165, 1.54) is 178 Å². The van der Waals surface area contributed by atoms with Gasteiger partial charge in [0, 0.05) is 0 Å². The summed E-state index contributed by atoms with van der Waals surface area (Å²) in [7, 11) is -3.11. The van der Waals surface area contributed by atoms with E-state index < -0.39 is 10.6 Å². The predicted octanol–water partition coefficient (Wildman–Crippen LogP) is 11.6. The SMILES string of the molecule is CCCCCCCCCCCCCCC(C)c1cc[c-]cc1.CCCCCCCCCCCCCCC(C)c1ccccc1.O=S(=O)=O.[Na+]. The summed E-state index contributed by atoms with van der Waals surface area (Å²) in [5.41, 5.74) is 2.98. The van der Waals surface area contributed by atoms with Gasteiger partial charge in [0.15, 0.2) is 0 Å². The van der Waals surface area contributed by atoms with E-state index in [0.717, 1.165) is 5.92 Å². The Balaban J connectivity index is 0. The van der Waals surface area contributed by atoms with Gasteiger partial charge in [-0.1, -0.05) is 212 Å². The molecule has 49 heavy (non-hydrogen) atoms. The quantitative estimate of drug-likeness (QED) is 0.0503. The molecule has 0 radical (unpaired) electrons. The third-order valence-corrected chi connectivity index (χ3v) is 9.66. The molecular weight excluding hydrogens is 632 g/mol. The molecule has 2 aromatic carbocycles. The van der Waals surface area contributed by atoms with Crippen molar-refractivity contribution in [2.24, 2.45) is 0 Å². The molecule has 0 saturated heterocycles. The van der Waals surface area contributed by atoms with Gasteiger partial charge < -0.3 is 0 Å². The Labute approximate surface area is 329 Å². The molecule has 0 N–H and O–H groups in total. The van der Waals surface area contributed by atoms with E-state index in [1.54, 1.807) is 0 Å². The zero-order valence-corrected chi connectivity index (χ0v) is 35.7. The maximum atomic E-state index is 8.44. The Morgan fingerprint density at radius 1 is 0.449 bits per heavy atom. The summed E-state index contributed by atoms with van der Waals surface area (Å²) in [5.74, 6) is 1.43. The van der Waals surface area contributed by atoms with E-state index in [9.17, 15) is 0 Å². The first-order chi connectivity index (χ1) is 23.4. The van der Waals surface area contributed by atoms with E-state index in [0.29, 0.717) is 5.92 Å². The average molecular weight is 707 g/mol. The van der Waals surface area contributed by atoms with E-state index >= 15 is 0 Å². The normalized spacial score (nSPS) is 11.7. The number of unbranched alkanes of at least 4 members (excludes halogenated alkanes) is 22. The number of hydrogen-bond acceptors (Lipinski definition) is 3. The van der Waals surface area contributed by atoms with Crippen LogP contribution in [0.3, 0.4) is 0 Å². The summed E-state index contributed by atoms with van der Waals surface area (Å²) in [4.78, 5) is 0. The second-order valence-electron chi connectivity index (χ2n) is 14.1. The molecule has 0 fully saturated rings. The van der Waals surface area contributed by atoms with Crippen LogP contribution in [0.2, 0.25) is 0 Å². The van der Waals surface area contributed by atoms with Crippen molar-refractivity contribution >= 4 is 10.6 Å². The molecule has 0 bridgehead atoms. The van der Waals surface area contributed by atoms with Crippen molar-refractivity contribution in [2.75, 3.05) is 0 Å². The van der Waals surface area contributed by atoms with Crippen LogP contribution < -0.4 is 29.6 Å². The van der Waals surface area contributed by atoms with Gasteiger partial charge in [0.05, 0.1) is 0 Å². The molecule has 0 saturated carbocycles. The van der Waals surface area contributed by atoms with Crippen LogP contribution in [0.1, 0.15) is 218 Å². The third-order valence-electron chi connectivity index (χ3n) is 9.66. The number of benzene rings is 2. The first-order valence-corrected chi connectivity index (χ1v) is 21.2. The fourth-order valence-corrected chi connectivity index (χ4v) is 6.43. The molecule has 2 atom stereocenters. The molecule has 0 aliphatic heterocycles. The Kier molecular flexibility index (Phi) is 40.8. The standard InChI is InChI=1S/C22H38.C22H37.Na.O3S/c2*1-3-4-5-6-7-8-9-10-11-12-13-15-18-21(2)22-19-16-14-17-20-22;;1-4(2)3/h14,16-17,19-21H,3-13,15,18H2,1-2H3;16-17,19-21H,3-13,15,18H2,1-2H3;;/q;-1;+1;. The zero-order chi connectivity index (χ0) is 35.3. The largest absolute Gasteiger partial charge is 1.00 e. The van der Waals surface area contributed by atoms with Crippen molar-refractivity contribution in [1.29, 1.82) is 0 Å². The van der Waals surface area contributed by atoms with Crippen molar-refractivity contribution < 1.29 is 42.2 Å². The van der Waals surface area contributed by atoms with Gasteiger partial charge in [-0.2, -0.15) is 35.9 Å². The maximum absolute atomic E-state index is 8.44. The summed E-state index contributed by atoms with van der Waals surface area (Å²) in [6.07, 6.45) is 37.2. The molecule has 3 nitrogen and oxygen atoms in total. The minimum Gasteiger partial charge on any atom is -0.184 e. The van der Waals surface area contributed by atoms with Gasteiger partial charge in [0.1, 0.15) is 0 Å². The Morgan fingerprint density at radius 2 is 0.714 bits per heavy atom. The molecule has 0 aromatic heterocycles. The molecule has 2 aromatic rings. The third kappa shape index (κ3) is 36.6. The molecule has 0 amide bonds. The fraction of sp³-hybridized carbons (Fsp3) is 0.727. The van der Waals surface area contributed by atoms with Crippen LogP contribution >= 0.6 is 0 Å². The van der Waals surface area contributed by atoms with Gasteiger partial charge >= 0.3 is 40.2 Å². The van der Waals surface area contributed by atoms with Gasteiger partial charge in [-0.05, 0) is 30.2 Å². The van der Waals surface area contributed by atoms with Crippen molar-refractivity contribution in [3.63, 3.8) is 0 Å². The minimum atomic E-state index is -3.11. The topological polar surface area (TPSA) is 51.2 Å². The van der Waals surface area contributed by atoms with Crippen LogP contribution in [-0.2, 0) is 10.6 Å². The molecule has 276 valence electrons. The van der Waals surface area contributed by atoms with Gasteiger partial charge in [-0.3, -0.25) is 0 Å². The van der Waals surface area contributed by atoms with Crippen LogP contribution in [0.25, 0.3) is 0 Å². The molecular formula is C44H75NaO3S. The monoisotopic (exact) mass is 707 g/mol. The second kappa shape index (κ2) is 39.8. The maximum Gasteiger partial charge on any atom is 1.00 e. The Morgan fingerprint density at radius 3 is 1.02 bits per heavy atom. The van der Waals surface area contributed by atoms with Crippen LogP contribution in [0.5, 0.6) is 0 Å². The van der Waals surface area contributed by atoms with E-state index in [4.69, 9.17) is 12.6 Å². The van der Waals surface area contributed by atoms with Crippen molar-refractivity contribution in [2.45, 2.75) is 206 Å². The van der Waals surface area contributed by atoms with Gasteiger partial charge in [-0.25, -0.2) is 0 Å². The Hall–Kier alpha value is -0.940. The fourth-order valence-electron chi connectivity index (χ4n) is 6.43. The predicted molar refractivity (Wildman–Crippen MR) is 210 cm³/mol. The minimum absolute atomic E-state index is 0. The number of hydrogen-bond donors (Lipinski definition) is 0. The molecule has 2 rings (SSSR count). The summed E-state index contributed by atoms with van der Waals surface area (Å²) in [6.45, 7) is 9.31. The average Bonchev–Trinajstić information content (AvgIpc) is 3.10. The summed E-state index contributed by atoms with van der Waals surface area (Å²) >= 11 is 0. The van der Waals surface area contributed by atoms with Crippen molar-refractivity contribution in [3.05, 3.63) is 71.8 Å². The summed E-state index contributed by atoms with van der Waals surface area (Å²) < 4.78 is 25.3. The molecule has 2 unspecified atom stereocenters. The van der Waals surface area contributed by atoms with E-state index in [1.807, 2.05) is 12.1 Å². The first-order valence-electron chi connectivity index (χ1n) is 20.2. The van der Waals surface area contributed by atoms with E-state index in [-0.39, 0.29) is 29.6 Å². The van der Waals surface area contributed by atoms with Crippen LogP contribution in [0, 0.1) is 6.07 Å². The molecule has 0 aliphatic carbocycles. The van der Waals surface area contributed by atoms with Gasteiger partial charge in [0.2, 0.25) is 0 Å². The summed E-state index contributed by atoms with van der Waals surface area (Å²) in [5, 5.41) is 0.